The van der Waals surface area contributed by atoms with Gasteiger partial charge in [0.1, 0.15) is 50.3 Å². The molecular weight excluding hydrogens is 2100 g/mol. The summed E-state index contributed by atoms with van der Waals surface area (Å²) in [7, 11) is -9.90. The molecule has 0 saturated heterocycles. The van der Waals surface area contributed by atoms with Gasteiger partial charge >= 0.3 is 11.0 Å². The minimum atomic E-state index is -6.09. The maximum absolute atomic E-state index is 10.7. The van der Waals surface area contributed by atoms with E-state index in [-0.39, 0.29) is 39.0 Å². The van der Waals surface area contributed by atoms with E-state index in [1.54, 1.807) is 0 Å². The molecule has 0 atom stereocenters. The fourth-order valence-electron chi connectivity index (χ4n) is 15.4. The molecule has 0 spiro atoms. The minimum absolute atomic E-state index is 0. The van der Waals surface area contributed by atoms with Crippen LogP contribution >= 0.6 is 63.4 Å². The van der Waals surface area contributed by atoms with Gasteiger partial charge in [0, 0.05) is 39.0 Å². The standard InChI is InChI=1S/4C27H27NP2.2CHF3O3S.2Rh/c4*1-28(22-29(24-14-6-2-7-15-24)25-16-8-3-9-17-25)23-30(26-18-10-4-11-19-26)27-20-12-5-13-21-27;2*2-1(3,4)8(5,6)7;;/h4*2-21H,22-23H2,1H3;2*(H,5,6,7);;/p+6. The van der Waals surface area contributed by atoms with Crippen LogP contribution in [0.25, 0.3) is 0 Å². The molecular formula is C110H116F6N4O6P8Rh2S2+6. The number of nitrogens with zero attached hydrogens (tertiary/aromatic N) is 4. The van der Waals surface area contributed by atoms with E-state index in [2.05, 4.69) is 533 Å². The summed E-state index contributed by atoms with van der Waals surface area (Å²) in [6.45, 7) is 0. The van der Waals surface area contributed by atoms with Gasteiger partial charge in [-0.15, -0.1) is 0 Å². The van der Waals surface area contributed by atoms with E-state index in [9.17, 15) is 26.3 Å². The summed E-state index contributed by atoms with van der Waals surface area (Å²) in [6, 6.07) is 177. The summed E-state index contributed by atoms with van der Waals surface area (Å²) in [4.78, 5) is 10.3. The number of rotatable bonds is 32. The van der Waals surface area contributed by atoms with Crippen molar-refractivity contribution in [3.05, 3.63) is 485 Å². The van der Waals surface area contributed by atoms with Gasteiger partial charge < -0.3 is 9.11 Å². The van der Waals surface area contributed by atoms with Gasteiger partial charge in [0.25, 0.3) is 0 Å². The Balaban J connectivity index is 0.000000194. The Labute approximate surface area is 846 Å². The van der Waals surface area contributed by atoms with Crippen molar-refractivity contribution in [2.24, 2.45) is 0 Å². The van der Waals surface area contributed by atoms with Crippen LogP contribution in [0.5, 0.6) is 0 Å². The number of hydrogen-bond acceptors (Lipinski definition) is 10. The third-order valence-corrected chi connectivity index (χ3v) is 46.4. The molecule has 28 heteroatoms. The van der Waals surface area contributed by atoms with Crippen LogP contribution in [0.1, 0.15) is 0 Å². The van der Waals surface area contributed by atoms with Crippen LogP contribution < -0.4 is 84.9 Å². The molecule has 2 radical (unpaired) electrons. The second-order valence-electron chi connectivity index (χ2n) is 32.2. The maximum Gasteiger partial charge on any atom is 0.485 e. The summed E-state index contributed by atoms with van der Waals surface area (Å²) in [6.07, 6.45) is 8.83. The number of alkyl halides is 6. The van der Waals surface area contributed by atoms with Crippen LogP contribution in [-0.2, 0) is 59.2 Å². The monoisotopic (exact) mass is 2220 g/mol. The smallest absolute Gasteiger partial charge is 0.485 e. The van der Waals surface area contributed by atoms with Crippen LogP contribution in [0.2, 0.25) is 0 Å². The molecule has 0 fully saturated rings. The zero-order valence-corrected chi connectivity index (χ0v) is 89.7. The summed E-state index contributed by atoms with van der Waals surface area (Å²) in [5.74, 6) is 0. The van der Waals surface area contributed by atoms with Crippen molar-refractivity contribution in [1.82, 2.24) is 19.6 Å². The Hall–Kier alpha value is -8.55. The molecule has 0 bridgehead atoms. The van der Waals surface area contributed by atoms with Crippen LogP contribution in [-0.4, -0.2) is 135 Å². The quantitative estimate of drug-likeness (QED) is 0.0132. The summed E-state index contributed by atoms with van der Waals surface area (Å²) >= 11 is 0. The molecule has 16 aromatic rings. The van der Waals surface area contributed by atoms with Gasteiger partial charge in [-0.3, -0.25) is 0 Å². The molecule has 10 nitrogen and oxygen atoms in total. The van der Waals surface area contributed by atoms with E-state index in [0.717, 1.165) is 50.3 Å². The van der Waals surface area contributed by atoms with E-state index in [1.807, 2.05) is 0 Å². The van der Waals surface area contributed by atoms with Crippen molar-refractivity contribution >= 4 is 168 Å². The predicted molar refractivity (Wildman–Crippen MR) is 585 cm³/mol. The summed E-state index contributed by atoms with van der Waals surface area (Å²) < 4.78 is 118. The second-order valence-corrected chi connectivity index (χ2v) is 54.3. The van der Waals surface area contributed by atoms with Crippen molar-refractivity contribution in [2.45, 2.75) is 11.0 Å². The van der Waals surface area contributed by atoms with E-state index in [0.29, 0.717) is 0 Å². The zero-order valence-electron chi connectivity index (χ0n) is 76.8. The Morgan fingerprint density at radius 3 is 0.283 bits per heavy atom. The molecule has 16 rings (SSSR count). The van der Waals surface area contributed by atoms with Crippen molar-refractivity contribution in [1.29, 1.82) is 0 Å². The Morgan fingerprint density at radius 1 is 0.174 bits per heavy atom. The van der Waals surface area contributed by atoms with Gasteiger partial charge in [-0.2, -0.15) is 26.3 Å². The Bertz CT molecular complexity index is 4890. The first-order chi connectivity index (χ1) is 65.7. The zero-order chi connectivity index (χ0) is 96.4. The number of benzene rings is 16. The van der Waals surface area contributed by atoms with Gasteiger partial charge in [0.2, 0.25) is 0 Å². The van der Waals surface area contributed by atoms with E-state index in [1.165, 1.54) is 84.9 Å². The third kappa shape index (κ3) is 37.4. The van der Waals surface area contributed by atoms with Crippen molar-refractivity contribution in [3.63, 3.8) is 0 Å². The molecule has 0 aromatic heterocycles. The molecule has 0 aliphatic rings. The fraction of sp³-hybridized carbons (Fsp3) is 0.127. The molecule has 0 aliphatic heterocycles. The van der Waals surface area contributed by atoms with Crippen molar-refractivity contribution in [3.8, 4) is 0 Å². The van der Waals surface area contributed by atoms with Gasteiger partial charge in [0.05, 0.1) is 148 Å². The first kappa shape index (κ1) is 113. The van der Waals surface area contributed by atoms with Crippen LogP contribution in [0, 0.1) is 0 Å². The van der Waals surface area contributed by atoms with Gasteiger partial charge in [-0.05, 0) is 222 Å². The Kier molecular flexibility index (Phi) is 48.6. The van der Waals surface area contributed by atoms with Crippen LogP contribution in [0.3, 0.4) is 0 Å². The average molecular weight is 2220 g/mol. The van der Waals surface area contributed by atoms with Crippen LogP contribution in [0.4, 0.5) is 26.3 Å². The Morgan fingerprint density at radius 2 is 0.232 bits per heavy atom. The number of hydrogen-bond donors (Lipinski definition) is 0. The molecule has 138 heavy (non-hydrogen) atoms. The van der Waals surface area contributed by atoms with E-state index in [4.69, 9.17) is 25.9 Å². The first-order valence-electron chi connectivity index (χ1n) is 44.3. The van der Waals surface area contributed by atoms with Gasteiger partial charge in [0.15, 0.2) is 20.2 Å². The average Bonchev–Trinajstić information content (AvgIpc) is 0.832. The largest absolute Gasteiger partial charge is 0.741 e. The van der Waals surface area contributed by atoms with Gasteiger partial charge in [-0.25, -0.2) is 36.4 Å². The second kappa shape index (κ2) is 59.4. The molecule has 0 N–H and O–H groups in total. The summed E-state index contributed by atoms with van der Waals surface area (Å²) in [5.41, 5.74) is -11.3. The normalized spacial score (nSPS) is 11.5. The molecule has 0 unspecified atom stereocenters. The van der Waals surface area contributed by atoms with Gasteiger partial charge in [-0.1, -0.05) is 291 Å². The number of halogens is 6. The first-order valence-corrected chi connectivity index (χ1v) is 60.7. The van der Waals surface area contributed by atoms with E-state index < -0.39 is 94.6 Å². The summed E-state index contributed by atoms with van der Waals surface area (Å²) in [5, 5.41) is 23.7. The molecule has 16 aromatic carbocycles. The SMILES string of the molecule is CN(C[PH+](c1ccccc1)c1ccccc1)C[PH+](c1ccccc1)c1ccccc1.CN(C[PH+](c1ccccc1)c1ccccc1)C[PH+](c1ccccc1)c1ccccc1.CN(C[PH+](c1ccccc1)c1ccccc1)C[PH+](c1ccccc1)c1ccccc1.CN(C[PH+](c1ccccc1)c1ccccc1)C[PH+](c1ccccc1)c1ccccc1.O=S(=O)([O-])C(F)(F)F.O=S(=O)([O-])C(F)(F)F.[Rh].[Rh]. The fourth-order valence-corrected chi connectivity index (χ4v) is 36.6. The van der Waals surface area contributed by atoms with Crippen molar-refractivity contribution in [2.75, 3.05) is 78.5 Å². The molecule has 0 aliphatic carbocycles. The molecule has 0 saturated carbocycles. The minimum Gasteiger partial charge on any atom is -0.741 e. The van der Waals surface area contributed by atoms with E-state index >= 15 is 0 Å². The third-order valence-electron chi connectivity index (χ3n) is 21.9. The van der Waals surface area contributed by atoms with Crippen molar-refractivity contribution < 1.29 is 91.2 Å². The molecule has 0 amide bonds. The topological polar surface area (TPSA) is 127 Å². The molecule has 718 valence electrons. The predicted octanol–water partition coefficient (Wildman–Crippen LogP) is 18.4. The maximum atomic E-state index is 10.7. The van der Waals surface area contributed by atoms with Crippen LogP contribution in [0.15, 0.2) is 485 Å². The molecule has 0 heterocycles.